The van der Waals surface area contributed by atoms with Gasteiger partial charge < -0.3 is 19.1 Å². The molecule has 0 saturated carbocycles. The molecule has 5 nitrogen and oxygen atoms in total. The third kappa shape index (κ3) is 3.86. The fourth-order valence-corrected chi connectivity index (χ4v) is 1.71. The van der Waals surface area contributed by atoms with Crippen LogP contribution in [0.1, 0.15) is 16.8 Å². The fraction of sp³-hybridized carbons (Fsp3) is 0.500. The minimum absolute atomic E-state index is 0.0199. The number of hydrogen-bond acceptors (Lipinski definition) is 5. The Morgan fingerprint density at radius 2 is 1.53 bits per heavy atom. The average Bonchev–Trinajstić information content (AvgIpc) is 2.42. The lowest BCUT2D eigenvalue weighted by atomic mass is 10.1. The fourth-order valence-electron chi connectivity index (χ4n) is 1.71. The van der Waals surface area contributed by atoms with Gasteiger partial charge in [0.2, 0.25) is 0 Å². The zero-order chi connectivity index (χ0) is 14.4. The van der Waals surface area contributed by atoms with E-state index in [0.29, 0.717) is 35.8 Å². The van der Waals surface area contributed by atoms with E-state index in [0.717, 1.165) is 0 Å². The van der Waals surface area contributed by atoms with E-state index in [1.54, 1.807) is 26.4 Å². The number of carbonyl (C=O) groups is 1. The monoisotopic (exact) mass is 267 g/mol. The molecule has 0 spiro atoms. The lowest BCUT2D eigenvalue weighted by Gasteiger charge is -2.14. The second kappa shape index (κ2) is 6.99. The Labute approximate surface area is 114 Å². The molecular weight excluding hydrogens is 246 g/mol. The molecule has 1 rings (SSSR count). The Bertz CT molecular complexity index is 443. The van der Waals surface area contributed by atoms with Crippen molar-refractivity contribution >= 4 is 5.78 Å². The molecule has 0 aliphatic carbocycles. The van der Waals surface area contributed by atoms with Crippen LogP contribution in [0, 0.1) is 0 Å². The Hall–Kier alpha value is -1.75. The summed E-state index contributed by atoms with van der Waals surface area (Å²) in [5.41, 5.74) is 0.516. The normalized spacial score (nSPS) is 10.4. The van der Waals surface area contributed by atoms with Crippen LogP contribution in [-0.4, -0.2) is 52.7 Å². The summed E-state index contributed by atoms with van der Waals surface area (Å²) in [4.78, 5) is 14.2. The van der Waals surface area contributed by atoms with Crippen LogP contribution in [0.15, 0.2) is 12.1 Å². The van der Waals surface area contributed by atoms with Crippen molar-refractivity contribution in [1.29, 1.82) is 0 Å². The largest absolute Gasteiger partial charge is 0.496 e. The molecule has 1 aromatic carbocycles. The van der Waals surface area contributed by atoms with Crippen molar-refractivity contribution in [2.24, 2.45) is 0 Å². The Morgan fingerprint density at radius 1 is 1.00 bits per heavy atom. The average molecular weight is 267 g/mol. The molecule has 0 amide bonds. The predicted molar refractivity (Wildman–Crippen MR) is 73.6 cm³/mol. The summed E-state index contributed by atoms with van der Waals surface area (Å²) >= 11 is 0. The molecule has 0 bridgehead atoms. The van der Waals surface area contributed by atoms with Crippen LogP contribution in [0.2, 0.25) is 0 Å². The van der Waals surface area contributed by atoms with Gasteiger partial charge in [-0.25, -0.2) is 0 Å². The quantitative estimate of drug-likeness (QED) is 0.706. The molecule has 0 fully saturated rings. The maximum absolute atomic E-state index is 12.2. The number of ketones is 1. The summed E-state index contributed by atoms with van der Waals surface area (Å²) in [5, 5.41) is 0. The maximum atomic E-state index is 12.2. The van der Waals surface area contributed by atoms with E-state index in [2.05, 4.69) is 0 Å². The van der Waals surface area contributed by atoms with Crippen LogP contribution in [0.25, 0.3) is 0 Å². The van der Waals surface area contributed by atoms with Crippen molar-refractivity contribution in [2.75, 3.05) is 42.0 Å². The molecule has 0 saturated heterocycles. The predicted octanol–water partition coefficient (Wildman–Crippen LogP) is 1.85. The van der Waals surface area contributed by atoms with E-state index >= 15 is 0 Å². The van der Waals surface area contributed by atoms with Crippen LogP contribution in [0.3, 0.4) is 0 Å². The van der Waals surface area contributed by atoms with Gasteiger partial charge in [-0.15, -0.1) is 0 Å². The van der Waals surface area contributed by atoms with Crippen molar-refractivity contribution in [3.8, 4) is 17.2 Å². The number of benzene rings is 1. The van der Waals surface area contributed by atoms with Crippen molar-refractivity contribution < 1.29 is 19.0 Å². The number of Topliss-reactive ketones (excluding diaryl/α,β-unsaturated/α-hetero) is 1. The zero-order valence-corrected chi connectivity index (χ0v) is 12.1. The molecule has 19 heavy (non-hydrogen) atoms. The van der Waals surface area contributed by atoms with Gasteiger partial charge in [-0.2, -0.15) is 0 Å². The summed E-state index contributed by atoms with van der Waals surface area (Å²) in [5.74, 6) is 1.59. The summed E-state index contributed by atoms with van der Waals surface area (Å²) in [7, 11) is 8.48. The van der Waals surface area contributed by atoms with Gasteiger partial charge in [0.25, 0.3) is 0 Å². The van der Waals surface area contributed by atoms with E-state index in [4.69, 9.17) is 14.2 Å². The molecule has 5 heteroatoms. The van der Waals surface area contributed by atoms with Gasteiger partial charge in [0.1, 0.15) is 5.75 Å². The molecule has 0 unspecified atom stereocenters. The van der Waals surface area contributed by atoms with E-state index in [-0.39, 0.29) is 5.78 Å². The highest BCUT2D eigenvalue weighted by atomic mass is 16.5. The summed E-state index contributed by atoms with van der Waals surface area (Å²) in [6.07, 6.45) is 0.429. The number of hydrogen-bond donors (Lipinski definition) is 0. The van der Waals surface area contributed by atoms with Crippen LogP contribution in [-0.2, 0) is 0 Å². The van der Waals surface area contributed by atoms with Crippen molar-refractivity contribution in [1.82, 2.24) is 4.90 Å². The molecule has 106 valence electrons. The second-order valence-corrected chi connectivity index (χ2v) is 4.38. The topological polar surface area (TPSA) is 48.0 Å². The Morgan fingerprint density at radius 3 is 2.00 bits per heavy atom. The molecule has 0 heterocycles. The number of methoxy groups -OCH3 is 3. The van der Waals surface area contributed by atoms with Crippen LogP contribution in [0.4, 0.5) is 0 Å². The van der Waals surface area contributed by atoms with Gasteiger partial charge in [-0.3, -0.25) is 4.79 Å². The first-order chi connectivity index (χ1) is 9.03. The van der Waals surface area contributed by atoms with Gasteiger partial charge in [0.05, 0.1) is 26.9 Å². The first-order valence-corrected chi connectivity index (χ1v) is 6.01. The minimum Gasteiger partial charge on any atom is -0.496 e. The lowest BCUT2D eigenvalue weighted by molar-refractivity contribution is 0.0969. The summed E-state index contributed by atoms with van der Waals surface area (Å²) in [6.45, 7) is 0.691. The second-order valence-electron chi connectivity index (χ2n) is 4.38. The van der Waals surface area contributed by atoms with Crippen molar-refractivity contribution in [3.05, 3.63) is 17.7 Å². The highest BCUT2D eigenvalue weighted by Gasteiger charge is 2.17. The highest BCUT2D eigenvalue weighted by Crippen LogP contribution is 2.35. The lowest BCUT2D eigenvalue weighted by Crippen LogP contribution is -2.17. The maximum Gasteiger partial charge on any atom is 0.168 e. The first-order valence-electron chi connectivity index (χ1n) is 6.01. The number of nitrogens with zero attached hydrogens (tertiary/aromatic N) is 1. The van der Waals surface area contributed by atoms with Gasteiger partial charge in [-0.05, 0) is 20.2 Å². The number of rotatable bonds is 7. The molecule has 0 atom stereocenters. The molecule has 1 aromatic rings. The molecule has 0 radical (unpaired) electrons. The Kier molecular flexibility index (Phi) is 5.63. The SMILES string of the molecule is COc1cc(OC)c(C(=O)CCN(C)C)cc1OC. The van der Waals surface area contributed by atoms with E-state index < -0.39 is 0 Å². The summed E-state index contributed by atoms with van der Waals surface area (Å²) in [6, 6.07) is 3.33. The van der Waals surface area contributed by atoms with Crippen LogP contribution < -0.4 is 14.2 Å². The third-order valence-corrected chi connectivity index (χ3v) is 2.79. The molecule has 0 aliphatic rings. The van der Waals surface area contributed by atoms with Gasteiger partial charge in [0, 0.05) is 19.0 Å². The number of ether oxygens (including phenoxy) is 3. The van der Waals surface area contributed by atoms with Crippen molar-refractivity contribution in [2.45, 2.75) is 6.42 Å². The molecule has 0 aromatic heterocycles. The van der Waals surface area contributed by atoms with E-state index in [9.17, 15) is 4.79 Å². The molecule has 0 aliphatic heterocycles. The van der Waals surface area contributed by atoms with Gasteiger partial charge >= 0.3 is 0 Å². The van der Waals surface area contributed by atoms with Gasteiger partial charge in [-0.1, -0.05) is 0 Å². The van der Waals surface area contributed by atoms with Crippen molar-refractivity contribution in [3.63, 3.8) is 0 Å². The Balaban J connectivity index is 3.07. The highest BCUT2D eigenvalue weighted by molar-refractivity contribution is 5.99. The van der Waals surface area contributed by atoms with E-state index in [1.165, 1.54) is 7.11 Å². The van der Waals surface area contributed by atoms with Gasteiger partial charge in [0.15, 0.2) is 17.3 Å². The zero-order valence-electron chi connectivity index (χ0n) is 12.1. The van der Waals surface area contributed by atoms with Crippen LogP contribution in [0.5, 0.6) is 17.2 Å². The van der Waals surface area contributed by atoms with Crippen LogP contribution >= 0.6 is 0 Å². The smallest absolute Gasteiger partial charge is 0.168 e. The third-order valence-electron chi connectivity index (χ3n) is 2.79. The molecular formula is C14H21NO4. The standard InChI is InChI=1S/C14H21NO4/c1-15(2)7-6-11(16)10-8-13(18-4)14(19-5)9-12(10)17-3/h8-9H,6-7H2,1-5H3. The summed E-state index contributed by atoms with van der Waals surface area (Å²) < 4.78 is 15.6. The first kappa shape index (κ1) is 15.3. The minimum atomic E-state index is 0.0199. The van der Waals surface area contributed by atoms with E-state index in [1.807, 2.05) is 19.0 Å². The molecule has 0 N–H and O–H groups in total. The number of carbonyl (C=O) groups excluding carboxylic acids is 1.